The predicted octanol–water partition coefficient (Wildman–Crippen LogP) is 5.17. The van der Waals surface area contributed by atoms with Gasteiger partial charge in [0.15, 0.2) is 0 Å². The summed E-state index contributed by atoms with van der Waals surface area (Å²) in [7, 11) is -4.18. The quantitative estimate of drug-likeness (QED) is 0.322. The van der Waals surface area contributed by atoms with E-state index in [9.17, 15) is 18.0 Å². The summed E-state index contributed by atoms with van der Waals surface area (Å²) in [5.74, 6) is -0.819. The summed E-state index contributed by atoms with van der Waals surface area (Å²) in [5, 5.41) is 3.53. The van der Waals surface area contributed by atoms with Gasteiger partial charge in [0.2, 0.25) is 11.8 Å². The number of carbonyl (C=O) groups is 2. The summed E-state index contributed by atoms with van der Waals surface area (Å²) in [6.07, 6.45) is 1.25. The van der Waals surface area contributed by atoms with E-state index in [-0.39, 0.29) is 23.0 Å². The topological polar surface area (TPSA) is 86.8 Å². The van der Waals surface area contributed by atoms with Crippen LogP contribution in [0.2, 0.25) is 10.0 Å². The van der Waals surface area contributed by atoms with E-state index in [4.69, 9.17) is 23.2 Å². The highest BCUT2D eigenvalue weighted by atomic mass is 35.5. The van der Waals surface area contributed by atoms with Crippen LogP contribution < -0.4 is 9.62 Å². The molecule has 0 bridgehead atoms. The molecule has 202 valence electrons. The van der Waals surface area contributed by atoms with Crippen molar-refractivity contribution >= 4 is 50.7 Å². The first-order chi connectivity index (χ1) is 18.1. The third kappa shape index (κ3) is 7.72. The SMILES string of the molecule is CCCNC(=O)C(C)N(CCc1ccccc1)C(=O)CN(c1cccc(Cl)c1)S(=O)(=O)c1ccc(Cl)cc1. The van der Waals surface area contributed by atoms with Crippen molar-refractivity contribution in [2.24, 2.45) is 0 Å². The second-order valence-corrected chi connectivity index (χ2v) is 11.5. The van der Waals surface area contributed by atoms with Crippen molar-refractivity contribution < 1.29 is 18.0 Å². The highest BCUT2D eigenvalue weighted by Crippen LogP contribution is 2.27. The van der Waals surface area contributed by atoms with Crippen LogP contribution >= 0.6 is 23.2 Å². The lowest BCUT2D eigenvalue weighted by atomic mass is 10.1. The summed E-state index contributed by atoms with van der Waals surface area (Å²) in [6, 6.07) is 20.8. The highest BCUT2D eigenvalue weighted by molar-refractivity contribution is 7.92. The van der Waals surface area contributed by atoms with E-state index >= 15 is 0 Å². The molecule has 3 aromatic carbocycles. The Hall–Kier alpha value is -3.07. The Kier molecular flexibility index (Phi) is 10.6. The van der Waals surface area contributed by atoms with Crippen LogP contribution in [0.25, 0.3) is 0 Å². The first-order valence-electron chi connectivity index (χ1n) is 12.3. The van der Waals surface area contributed by atoms with E-state index < -0.39 is 28.5 Å². The van der Waals surface area contributed by atoms with Crippen molar-refractivity contribution in [1.29, 1.82) is 0 Å². The number of anilines is 1. The Balaban J connectivity index is 1.96. The molecular formula is C28H31Cl2N3O4S. The van der Waals surface area contributed by atoms with Gasteiger partial charge >= 0.3 is 0 Å². The maximum absolute atomic E-state index is 13.8. The molecule has 0 spiro atoms. The minimum Gasteiger partial charge on any atom is -0.354 e. The number of sulfonamides is 1. The van der Waals surface area contributed by atoms with E-state index in [0.29, 0.717) is 23.0 Å². The molecule has 0 aliphatic heterocycles. The highest BCUT2D eigenvalue weighted by Gasteiger charge is 2.32. The van der Waals surface area contributed by atoms with Gasteiger partial charge in [0.25, 0.3) is 10.0 Å². The molecule has 0 radical (unpaired) electrons. The molecule has 7 nitrogen and oxygen atoms in total. The average molecular weight is 577 g/mol. The molecule has 1 N–H and O–H groups in total. The molecule has 0 aliphatic carbocycles. The molecule has 0 aromatic heterocycles. The van der Waals surface area contributed by atoms with Crippen molar-refractivity contribution in [2.75, 3.05) is 23.9 Å². The third-order valence-corrected chi connectivity index (χ3v) is 8.25. The number of carbonyl (C=O) groups excluding carboxylic acids is 2. The first kappa shape index (κ1) is 29.5. The van der Waals surface area contributed by atoms with Crippen LogP contribution in [0.15, 0.2) is 83.8 Å². The largest absolute Gasteiger partial charge is 0.354 e. The Bertz CT molecular complexity index is 1340. The minimum atomic E-state index is -4.18. The lowest BCUT2D eigenvalue weighted by Crippen LogP contribution is -2.52. The number of benzene rings is 3. The zero-order valence-corrected chi connectivity index (χ0v) is 23.6. The molecule has 0 aliphatic rings. The van der Waals surface area contributed by atoms with Gasteiger partial charge in [-0.1, -0.05) is 66.5 Å². The standard InChI is InChI=1S/C28H31Cl2N3O4S/c1-3-17-31-28(35)21(2)32(18-16-22-8-5-4-6-9-22)27(34)20-33(25-11-7-10-24(30)19-25)38(36,37)26-14-12-23(29)13-15-26/h4-15,19,21H,3,16-18,20H2,1-2H3,(H,31,35). The summed E-state index contributed by atoms with van der Waals surface area (Å²) < 4.78 is 28.5. The third-order valence-electron chi connectivity index (χ3n) is 5.98. The van der Waals surface area contributed by atoms with Crippen molar-refractivity contribution in [1.82, 2.24) is 10.2 Å². The molecule has 0 saturated heterocycles. The molecule has 3 aromatic rings. The number of rotatable bonds is 12. The molecule has 1 unspecified atom stereocenters. The van der Waals surface area contributed by atoms with Gasteiger partial charge in [0, 0.05) is 23.1 Å². The molecule has 1 atom stereocenters. The van der Waals surface area contributed by atoms with Crippen LogP contribution in [0.3, 0.4) is 0 Å². The smallest absolute Gasteiger partial charge is 0.264 e. The molecule has 38 heavy (non-hydrogen) atoms. The van der Waals surface area contributed by atoms with Crippen LogP contribution in [0.1, 0.15) is 25.8 Å². The summed E-state index contributed by atoms with van der Waals surface area (Å²) in [4.78, 5) is 28.0. The number of halogens is 2. The molecule has 0 saturated carbocycles. The molecule has 0 heterocycles. The Morgan fingerprint density at radius 1 is 0.921 bits per heavy atom. The van der Waals surface area contributed by atoms with Crippen molar-refractivity contribution in [3.63, 3.8) is 0 Å². The molecule has 3 rings (SSSR count). The van der Waals surface area contributed by atoms with Crippen molar-refractivity contribution in [2.45, 2.75) is 37.6 Å². The van der Waals surface area contributed by atoms with Crippen LogP contribution in [0.5, 0.6) is 0 Å². The van der Waals surface area contributed by atoms with Crippen molar-refractivity contribution in [3.05, 3.63) is 94.5 Å². The average Bonchev–Trinajstić information content (AvgIpc) is 2.91. The molecule has 10 heteroatoms. The van der Waals surface area contributed by atoms with Crippen LogP contribution in [-0.4, -0.2) is 50.8 Å². The van der Waals surface area contributed by atoms with Gasteiger partial charge < -0.3 is 10.2 Å². The number of hydrogen-bond acceptors (Lipinski definition) is 4. The number of nitrogens with zero attached hydrogens (tertiary/aromatic N) is 2. The lowest BCUT2D eigenvalue weighted by molar-refractivity contribution is -0.138. The van der Waals surface area contributed by atoms with E-state index in [1.807, 2.05) is 37.3 Å². The molecule has 0 fully saturated rings. The summed E-state index contributed by atoms with van der Waals surface area (Å²) >= 11 is 12.1. The van der Waals surface area contributed by atoms with E-state index in [1.165, 1.54) is 35.2 Å². The zero-order valence-electron chi connectivity index (χ0n) is 21.3. The van der Waals surface area contributed by atoms with Crippen LogP contribution in [0, 0.1) is 0 Å². The summed E-state index contributed by atoms with van der Waals surface area (Å²) in [6.45, 7) is 3.77. The van der Waals surface area contributed by atoms with Gasteiger partial charge in [-0.2, -0.15) is 0 Å². The normalized spacial score (nSPS) is 12.0. The van der Waals surface area contributed by atoms with Crippen LogP contribution in [0.4, 0.5) is 5.69 Å². The zero-order chi connectivity index (χ0) is 27.7. The summed E-state index contributed by atoms with van der Waals surface area (Å²) in [5.41, 5.74) is 1.22. The number of hydrogen-bond donors (Lipinski definition) is 1. The van der Waals surface area contributed by atoms with Gasteiger partial charge in [-0.15, -0.1) is 0 Å². The van der Waals surface area contributed by atoms with Crippen LogP contribution in [-0.2, 0) is 26.0 Å². The van der Waals surface area contributed by atoms with E-state index in [2.05, 4.69) is 5.32 Å². The monoisotopic (exact) mass is 575 g/mol. The minimum absolute atomic E-state index is 0.0285. The Morgan fingerprint density at radius 2 is 1.61 bits per heavy atom. The Morgan fingerprint density at radius 3 is 2.24 bits per heavy atom. The Labute approximate surface area is 234 Å². The number of amides is 2. The molecule has 2 amide bonds. The van der Waals surface area contributed by atoms with Gasteiger partial charge in [-0.25, -0.2) is 8.42 Å². The first-order valence-corrected chi connectivity index (χ1v) is 14.5. The fourth-order valence-electron chi connectivity index (χ4n) is 3.86. The van der Waals surface area contributed by atoms with Gasteiger partial charge in [-0.05, 0) is 67.8 Å². The molecular weight excluding hydrogens is 545 g/mol. The fraction of sp³-hybridized carbons (Fsp3) is 0.286. The van der Waals surface area contributed by atoms with E-state index in [0.717, 1.165) is 16.3 Å². The van der Waals surface area contributed by atoms with Gasteiger partial charge in [0.1, 0.15) is 12.6 Å². The maximum Gasteiger partial charge on any atom is 0.264 e. The van der Waals surface area contributed by atoms with Gasteiger partial charge in [0.05, 0.1) is 10.6 Å². The predicted molar refractivity (Wildman–Crippen MR) is 152 cm³/mol. The second-order valence-electron chi connectivity index (χ2n) is 8.74. The second kappa shape index (κ2) is 13.6. The maximum atomic E-state index is 13.8. The fourth-order valence-corrected chi connectivity index (χ4v) is 5.58. The lowest BCUT2D eigenvalue weighted by Gasteiger charge is -2.32. The van der Waals surface area contributed by atoms with Crippen molar-refractivity contribution in [3.8, 4) is 0 Å². The van der Waals surface area contributed by atoms with Gasteiger partial charge in [-0.3, -0.25) is 13.9 Å². The number of nitrogens with one attached hydrogen (secondary N) is 1. The van der Waals surface area contributed by atoms with E-state index in [1.54, 1.807) is 25.1 Å².